The summed E-state index contributed by atoms with van der Waals surface area (Å²) in [5, 5.41) is 5.51. The summed E-state index contributed by atoms with van der Waals surface area (Å²) in [6.45, 7) is 6.95. The van der Waals surface area contributed by atoms with Gasteiger partial charge in [0.1, 0.15) is 5.75 Å². The smallest absolute Gasteiger partial charge is 0.319 e. The third kappa shape index (κ3) is 6.84. The number of hydrogen-bond donors (Lipinski definition) is 2. The average molecular weight is 427 g/mol. The number of benzene rings is 1. The van der Waals surface area contributed by atoms with Crippen LogP contribution in [0.15, 0.2) is 42.7 Å². The van der Waals surface area contributed by atoms with Crippen molar-refractivity contribution in [1.29, 1.82) is 0 Å². The Labute approximate surface area is 182 Å². The van der Waals surface area contributed by atoms with Crippen LogP contribution in [0.25, 0.3) is 0 Å². The van der Waals surface area contributed by atoms with Gasteiger partial charge >= 0.3 is 6.03 Å². The Morgan fingerprint density at radius 2 is 1.87 bits per heavy atom. The zero-order chi connectivity index (χ0) is 22.1. The minimum atomic E-state index is -0.348. The van der Waals surface area contributed by atoms with E-state index in [9.17, 15) is 9.59 Å². The van der Waals surface area contributed by atoms with Gasteiger partial charge in [-0.1, -0.05) is 13.0 Å². The predicted molar refractivity (Wildman–Crippen MR) is 119 cm³/mol. The highest BCUT2D eigenvalue weighted by molar-refractivity contribution is 5.89. The summed E-state index contributed by atoms with van der Waals surface area (Å²) < 4.78 is 5.77. The lowest BCUT2D eigenvalue weighted by Gasteiger charge is -2.34. The molecule has 1 aromatic carbocycles. The molecule has 3 amide bonds. The van der Waals surface area contributed by atoms with Gasteiger partial charge in [-0.15, -0.1) is 0 Å². The second kappa shape index (κ2) is 11.1. The van der Waals surface area contributed by atoms with Crippen molar-refractivity contribution in [2.45, 2.75) is 32.8 Å². The maximum atomic E-state index is 12.4. The Bertz CT molecular complexity index is 855. The topological polar surface area (TPSA) is 99.7 Å². The lowest BCUT2D eigenvalue weighted by Crippen LogP contribution is -2.49. The lowest BCUT2D eigenvalue weighted by molar-refractivity contribution is -0.131. The van der Waals surface area contributed by atoms with Gasteiger partial charge in [0.15, 0.2) is 0 Å². The van der Waals surface area contributed by atoms with Gasteiger partial charge in [0.05, 0.1) is 6.10 Å². The Morgan fingerprint density at radius 1 is 1.13 bits per heavy atom. The molecule has 1 aromatic heterocycles. The van der Waals surface area contributed by atoms with E-state index >= 15 is 0 Å². The minimum absolute atomic E-state index is 0.0258. The van der Waals surface area contributed by atoms with Crippen LogP contribution in [0, 0.1) is 0 Å². The Hall–Kier alpha value is -3.36. The van der Waals surface area contributed by atoms with Crippen LogP contribution in [-0.4, -0.2) is 65.6 Å². The number of carbonyl (C=O) groups excluding carboxylic acids is 2. The van der Waals surface area contributed by atoms with E-state index in [1.807, 2.05) is 24.0 Å². The van der Waals surface area contributed by atoms with Gasteiger partial charge in [0.25, 0.3) is 0 Å². The number of nitrogens with one attached hydrogen (secondary N) is 2. The standard InChI is InChI=1S/C22H30N6O3/c1-3-17(2)31-19-7-4-6-18(16-19)26-22(30)25-11-8-20(29)27-12-14-28(15-13-27)21-23-9-5-10-24-21/h4-7,9-10,16-17H,3,8,11-15H2,1-2H3,(H2,25,26,30). The summed E-state index contributed by atoms with van der Waals surface area (Å²) in [7, 11) is 0. The second-order valence-electron chi connectivity index (χ2n) is 7.41. The van der Waals surface area contributed by atoms with Crippen LogP contribution in [0.4, 0.5) is 16.4 Å². The first-order chi connectivity index (χ1) is 15.0. The highest BCUT2D eigenvalue weighted by Gasteiger charge is 2.22. The van der Waals surface area contributed by atoms with E-state index in [0.717, 1.165) is 6.42 Å². The fraction of sp³-hybridized carbons (Fsp3) is 0.455. The number of ether oxygens (including phenoxy) is 1. The van der Waals surface area contributed by atoms with Crippen LogP contribution in [-0.2, 0) is 4.79 Å². The summed E-state index contributed by atoms with van der Waals surface area (Å²) in [5.74, 6) is 1.42. The quantitative estimate of drug-likeness (QED) is 0.673. The van der Waals surface area contributed by atoms with Gasteiger partial charge in [0, 0.05) is 63.3 Å². The molecule has 2 heterocycles. The van der Waals surface area contributed by atoms with Crippen molar-refractivity contribution in [2.24, 2.45) is 0 Å². The zero-order valence-electron chi connectivity index (χ0n) is 18.1. The van der Waals surface area contributed by atoms with Gasteiger partial charge in [-0.25, -0.2) is 14.8 Å². The molecule has 0 radical (unpaired) electrons. The van der Waals surface area contributed by atoms with Crippen LogP contribution >= 0.6 is 0 Å². The Morgan fingerprint density at radius 3 is 2.58 bits per heavy atom. The van der Waals surface area contributed by atoms with Gasteiger partial charge in [0.2, 0.25) is 11.9 Å². The molecule has 2 aromatic rings. The van der Waals surface area contributed by atoms with E-state index in [1.165, 1.54) is 0 Å². The molecule has 3 rings (SSSR count). The number of amides is 3. The van der Waals surface area contributed by atoms with Gasteiger partial charge in [-0.3, -0.25) is 4.79 Å². The first kappa shape index (κ1) is 22.3. The van der Waals surface area contributed by atoms with E-state index in [0.29, 0.717) is 43.6 Å². The fourth-order valence-corrected chi connectivity index (χ4v) is 3.19. The second-order valence-corrected chi connectivity index (χ2v) is 7.41. The molecule has 1 atom stereocenters. The molecule has 9 heteroatoms. The van der Waals surface area contributed by atoms with Gasteiger partial charge < -0.3 is 25.2 Å². The normalized spacial score (nSPS) is 14.6. The number of carbonyl (C=O) groups is 2. The molecule has 1 aliphatic rings. The molecule has 2 N–H and O–H groups in total. The van der Waals surface area contributed by atoms with Crippen molar-refractivity contribution in [3.8, 4) is 5.75 Å². The Kier molecular flexibility index (Phi) is 8.03. The highest BCUT2D eigenvalue weighted by atomic mass is 16.5. The predicted octanol–water partition coefficient (Wildman–Crippen LogP) is 2.51. The summed E-state index contributed by atoms with van der Waals surface area (Å²) in [5.41, 5.74) is 0.642. The molecule has 1 aliphatic heterocycles. The molecule has 31 heavy (non-hydrogen) atoms. The molecule has 1 saturated heterocycles. The number of anilines is 2. The van der Waals surface area contributed by atoms with E-state index in [1.54, 1.807) is 30.6 Å². The lowest BCUT2D eigenvalue weighted by atomic mass is 10.2. The fourth-order valence-electron chi connectivity index (χ4n) is 3.19. The summed E-state index contributed by atoms with van der Waals surface area (Å²) >= 11 is 0. The van der Waals surface area contributed by atoms with Crippen LogP contribution in [0.5, 0.6) is 5.75 Å². The number of urea groups is 1. The summed E-state index contributed by atoms with van der Waals surface area (Å²) in [6.07, 6.45) is 4.70. The van der Waals surface area contributed by atoms with Crippen molar-refractivity contribution in [3.05, 3.63) is 42.7 Å². The van der Waals surface area contributed by atoms with Crippen molar-refractivity contribution < 1.29 is 14.3 Å². The SMILES string of the molecule is CCC(C)Oc1cccc(NC(=O)NCCC(=O)N2CCN(c3ncccn3)CC2)c1. The first-order valence-electron chi connectivity index (χ1n) is 10.7. The van der Waals surface area contributed by atoms with Crippen molar-refractivity contribution in [2.75, 3.05) is 42.9 Å². The molecule has 1 unspecified atom stereocenters. The number of rotatable bonds is 8. The van der Waals surface area contributed by atoms with Crippen LogP contribution in [0.2, 0.25) is 0 Å². The number of piperazine rings is 1. The van der Waals surface area contributed by atoms with Crippen molar-refractivity contribution in [3.63, 3.8) is 0 Å². The van der Waals surface area contributed by atoms with E-state index < -0.39 is 0 Å². The average Bonchev–Trinajstić information content (AvgIpc) is 2.80. The molecule has 166 valence electrons. The van der Waals surface area contributed by atoms with E-state index in [2.05, 4.69) is 32.4 Å². The summed E-state index contributed by atoms with van der Waals surface area (Å²) in [4.78, 5) is 37.0. The monoisotopic (exact) mass is 426 g/mol. The van der Waals surface area contributed by atoms with Crippen LogP contribution < -0.4 is 20.3 Å². The molecular formula is C22H30N6O3. The van der Waals surface area contributed by atoms with Crippen LogP contribution in [0.3, 0.4) is 0 Å². The maximum Gasteiger partial charge on any atom is 0.319 e. The third-order valence-corrected chi connectivity index (χ3v) is 5.10. The van der Waals surface area contributed by atoms with E-state index in [4.69, 9.17) is 4.74 Å². The van der Waals surface area contributed by atoms with E-state index in [-0.39, 0.29) is 31.0 Å². The van der Waals surface area contributed by atoms with Crippen LogP contribution in [0.1, 0.15) is 26.7 Å². The summed E-state index contributed by atoms with van der Waals surface area (Å²) in [6, 6.07) is 8.70. The largest absolute Gasteiger partial charge is 0.491 e. The van der Waals surface area contributed by atoms with Gasteiger partial charge in [-0.2, -0.15) is 0 Å². The molecule has 0 aliphatic carbocycles. The molecule has 9 nitrogen and oxygen atoms in total. The number of aromatic nitrogens is 2. The van der Waals surface area contributed by atoms with Gasteiger partial charge in [-0.05, 0) is 31.5 Å². The number of hydrogen-bond acceptors (Lipinski definition) is 6. The minimum Gasteiger partial charge on any atom is -0.491 e. The first-order valence-corrected chi connectivity index (χ1v) is 10.7. The molecule has 0 spiro atoms. The van der Waals surface area contributed by atoms with Crippen molar-refractivity contribution in [1.82, 2.24) is 20.2 Å². The molecule has 1 fully saturated rings. The van der Waals surface area contributed by atoms with Crippen molar-refractivity contribution >= 4 is 23.6 Å². The molecule has 0 bridgehead atoms. The molecular weight excluding hydrogens is 396 g/mol. The zero-order valence-corrected chi connectivity index (χ0v) is 18.1. The highest BCUT2D eigenvalue weighted by Crippen LogP contribution is 2.19. The maximum absolute atomic E-state index is 12.4. The molecule has 0 saturated carbocycles. The third-order valence-electron chi connectivity index (χ3n) is 5.10. The Balaban J connectivity index is 1.37. The number of nitrogens with zero attached hydrogens (tertiary/aromatic N) is 4.